The van der Waals surface area contributed by atoms with Crippen LogP contribution < -0.4 is 5.90 Å². The van der Waals surface area contributed by atoms with Gasteiger partial charge in [0, 0.05) is 6.42 Å². The quantitative estimate of drug-likeness (QED) is 0.588. The summed E-state index contributed by atoms with van der Waals surface area (Å²) in [5, 5.41) is 20.4. The van der Waals surface area contributed by atoms with Gasteiger partial charge in [-0.15, -0.1) is 0 Å². The second-order valence-electron chi connectivity index (χ2n) is 11.5. The summed E-state index contributed by atoms with van der Waals surface area (Å²) < 4.78 is 0. The average Bonchev–Trinajstić information content (AvgIpc) is 3.03. The monoisotopic (exact) mass is 407 g/mol. The van der Waals surface area contributed by atoms with Crippen LogP contribution in [0.4, 0.5) is 0 Å². The zero-order chi connectivity index (χ0) is 21.0. The van der Waals surface area contributed by atoms with Gasteiger partial charge in [0.15, 0.2) is 0 Å². The Balaban J connectivity index is 1.54. The summed E-state index contributed by atoms with van der Waals surface area (Å²) in [4.78, 5) is 16.3. The van der Waals surface area contributed by atoms with Gasteiger partial charge in [0.2, 0.25) is 0 Å². The first-order valence-electron chi connectivity index (χ1n) is 12.0. The highest BCUT2D eigenvalue weighted by atomic mass is 16.6. The summed E-state index contributed by atoms with van der Waals surface area (Å²) in [6.45, 7) is 7.21. The van der Waals surface area contributed by atoms with E-state index in [0.29, 0.717) is 40.9 Å². The molecule has 4 saturated carbocycles. The maximum atomic E-state index is 11.3. The molecule has 4 fully saturated rings. The third kappa shape index (κ3) is 3.45. The summed E-state index contributed by atoms with van der Waals surface area (Å²) in [5.74, 6) is 7.95. The molecule has 0 aliphatic heterocycles. The topological polar surface area (TPSA) is 92.8 Å². The van der Waals surface area contributed by atoms with E-state index in [1.807, 2.05) is 0 Å². The molecular weight excluding hydrogens is 366 g/mol. The van der Waals surface area contributed by atoms with Gasteiger partial charge in [0.25, 0.3) is 0 Å². The van der Waals surface area contributed by atoms with E-state index in [9.17, 15) is 9.90 Å². The smallest absolute Gasteiger partial charge is 0.303 e. The van der Waals surface area contributed by atoms with Crippen molar-refractivity contribution in [2.75, 3.05) is 0 Å². The Kier molecular flexibility index (Phi) is 5.80. The standard InChI is InChI=1S/C24H41NO4/c1-14(4-7-21(27)28)17-5-6-18-22-19(9-11-24(17,18)3)23(2)10-8-16(29-25)12-15(23)13-20(22)26/h14-20,22,26H,4-13,25H2,1-3H3,(H,27,28). The van der Waals surface area contributed by atoms with Gasteiger partial charge in [-0.2, -0.15) is 0 Å². The van der Waals surface area contributed by atoms with E-state index < -0.39 is 5.97 Å². The Hall–Kier alpha value is -0.650. The van der Waals surface area contributed by atoms with Crippen LogP contribution in [-0.2, 0) is 9.63 Å². The number of hydrogen-bond donors (Lipinski definition) is 3. The second kappa shape index (κ2) is 7.80. The van der Waals surface area contributed by atoms with Gasteiger partial charge in [-0.25, -0.2) is 5.90 Å². The van der Waals surface area contributed by atoms with E-state index in [1.165, 1.54) is 25.7 Å². The van der Waals surface area contributed by atoms with Crippen molar-refractivity contribution in [1.29, 1.82) is 0 Å². The lowest BCUT2D eigenvalue weighted by atomic mass is 9.43. The highest BCUT2D eigenvalue weighted by molar-refractivity contribution is 5.66. The Labute approximate surface area is 175 Å². The van der Waals surface area contributed by atoms with Crippen LogP contribution in [0.25, 0.3) is 0 Å². The van der Waals surface area contributed by atoms with Crippen molar-refractivity contribution in [3.63, 3.8) is 0 Å². The molecular formula is C24H41NO4. The van der Waals surface area contributed by atoms with Gasteiger partial charge in [0.05, 0.1) is 12.2 Å². The maximum absolute atomic E-state index is 11.3. The van der Waals surface area contributed by atoms with E-state index >= 15 is 0 Å². The van der Waals surface area contributed by atoms with Crippen LogP contribution in [0.2, 0.25) is 0 Å². The second-order valence-corrected chi connectivity index (χ2v) is 11.5. The Bertz CT molecular complexity index is 626. The molecule has 4 rings (SSSR count). The predicted octanol–water partition coefficient (Wildman–Crippen LogP) is 4.38. The molecule has 29 heavy (non-hydrogen) atoms. The molecule has 4 N–H and O–H groups in total. The van der Waals surface area contributed by atoms with Crippen LogP contribution in [0.15, 0.2) is 0 Å². The number of carboxylic acids is 1. The minimum Gasteiger partial charge on any atom is -0.481 e. The zero-order valence-electron chi connectivity index (χ0n) is 18.5. The molecule has 4 aliphatic rings. The lowest BCUT2D eigenvalue weighted by Gasteiger charge is -2.62. The summed E-state index contributed by atoms with van der Waals surface area (Å²) in [7, 11) is 0. The molecule has 0 bridgehead atoms. The number of rotatable bonds is 5. The Morgan fingerprint density at radius 1 is 1.10 bits per heavy atom. The van der Waals surface area contributed by atoms with Crippen molar-refractivity contribution >= 4 is 5.97 Å². The number of carboxylic acid groups (broad SMARTS) is 1. The molecule has 0 aromatic carbocycles. The molecule has 0 saturated heterocycles. The molecule has 0 aromatic rings. The number of nitrogens with two attached hydrogens (primary N) is 1. The lowest BCUT2D eigenvalue weighted by molar-refractivity contribution is -0.178. The van der Waals surface area contributed by atoms with Crippen LogP contribution in [0, 0.1) is 46.3 Å². The first-order chi connectivity index (χ1) is 13.7. The van der Waals surface area contributed by atoms with Gasteiger partial charge in [-0.1, -0.05) is 20.8 Å². The minimum absolute atomic E-state index is 0.150. The number of hydrogen-bond acceptors (Lipinski definition) is 4. The van der Waals surface area contributed by atoms with Gasteiger partial charge in [0.1, 0.15) is 0 Å². The molecule has 0 aromatic heterocycles. The summed E-state index contributed by atoms with van der Waals surface area (Å²) >= 11 is 0. The predicted molar refractivity (Wildman–Crippen MR) is 112 cm³/mol. The Morgan fingerprint density at radius 3 is 2.48 bits per heavy atom. The van der Waals surface area contributed by atoms with E-state index in [2.05, 4.69) is 20.8 Å². The Morgan fingerprint density at radius 2 is 1.79 bits per heavy atom. The van der Waals surface area contributed by atoms with Gasteiger partial charge >= 0.3 is 5.97 Å². The molecule has 166 valence electrons. The van der Waals surface area contributed by atoms with Crippen molar-refractivity contribution in [2.24, 2.45) is 52.2 Å². The van der Waals surface area contributed by atoms with E-state index in [1.54, 1.807) is 0 Å². The SMILES string of the molecule is CC(CCC(=O)O)C1CCC2C3C(O)CC4CC(ON)CCC4(C)C3CCC12C. The molecule has 10 unspecified atom stereocenters. The number of aliphatic hydroxyl groups is 1. The third-order valence-electron chi connectivity index (χ3n) is 10.4. The van der Waals surface area contributed by atoms with E-state index in [4.69, 9.17) is 15.8 Å². The first kappa shape index (κ1) is 21.6. The number of carbonyl (C=O) groups is 1. The van der Waals surface area contributed by atoms with E-state index in [-0.39, 0.29) is 24.0 Å². The highest BCUT2D eigenvalue weighted by Gasteiger charge is 2.62. The van der Waals surface area contributed by atoms with Crippen LogP contribution >= 0.6 is 0 Å². The van der Waals surface area contributed by atoms with Crippen LogP contribution in [0.3, 0.4) is 0 Å². The molecule has 4 aliphatic carbocycles. The van der Waals surface area contributed by atoms with Gasteiger partial charge in [-0.3, -0.25) is 4.79 Å². The fourth-order valence-corrected chi connectivity index (χ4v) is 8.83. The number of fused-ring (bicyclic) bond motifs is 5. The average molecular weight is 408 g/mol. The summed E-state index contributed by atoms with van der Waals surface area (Å²) in [6.07, 6.45) is 9.90. The van der Waals surface area contributed by atoms with Gasteiger partial charge < -0.3 is 15.1 Å². The molecule has 5 nitrogen and oxygen atoms in total. The number of aliphatic hydroxyl groups excluding tert-OH is 1. The normalized spacial score (nSPS) is 50.3. The van der Waals surface area contributed by atoms with Crippen molar-refractivity contribution in [3.8, 4) is 0 Å². The molecule has 5 heteroatoms. The summed E-state index contributed by atoms with van der Waals surface area (Å²) in [6, 6.07) is 0. The maximum Gasteiger partial charge on any atom is 0.303 e. The van der Waals surface area contributed by atoms with Crippen LogP contribution in [0.5, 0.6) is 0 Å². The molecule has 10 atom stereocenters. The van der Waals surface area contributed by atoms with E-state index in [0.717, 1.165) is 32.1 Å². The fraction of sp³-hybridized carbons (Fsp3) is 0.958. The van der Waals surface area contributed by atoms with Gasteiger partial charge in [-0.05, 0) is 104 Å². The number of aliphatic carboxylic acids is 1. The molecule has 0 amide bonds. The molecule has 0 heterocycles. The van der Waals surface area contributed by atoms with Crippen molar-refractivity contribution in [3.05, 3.63) is 0 Å². The minimum atomic E-state index is -0.681. The van der Waals surface area contributed by atoms with Crippen LogP contribution in [-0.4, -0.2) is 28.4 Å². The highest BCUT2D eigenvalue weighted by Crippen LogP contribution is 2.68. The van der Waals surface area contributed by atoms with Crippen LogP contribution in [0.1, 0.15) is 85.0 Å². The fourth-order valence-electron chi connectivity index (χ4n) is 8.83. The van der Waals surface area contributed by atoms with Crippen molar-refractivity contribution < 1.29 is 19.8 Å². The molecule has 0 spiro atoms. The zero-order valence-corrected chi connectivity index (χ0v) is 18.5. The molecule has 0 radical (unpaired) electrons. The third-order valence-corrected chi connectivity index (χ3v) is 10.4. The summed E-state index contributed by atoms with van der Waals surface area (Å²) in [5.41, 5.74) is 0.550. The first-order valence-corrected chi connectivity index (χ1v) is 12.0. The van der Waals surface area contributed by atoms with Crippen molar-refractivity contribution in [2.45, 2.75) is 97.2 Å². The lowest BCUT2D eigenvalue weighted by Crippen LogP contribution is -2.58. The largest absolute Gasteiger partial charge is 0.481 e. The van der Waals surface area contributed by atoms with Crippen molar-refractivity contribution in [1.82, 2.24) is 0 Å².